The van der Waals surface area contributed by atoms with E-state index in [-0.39, 0.29) is 17.7 Å². The Hall–Kier alpha value is -2.80. The lowest BCUT2D eigenvalue weighted by Crippen LogP contribution is -2.03. The predicted octanol–water partition coefficient (Wildman–Crippen LogP) is 5.40. The average molecular weight is 420 g/mol. The third-order valence-electron chi connectivity index (χ3n) is 4.46. The molecule has 3 rings (SSSR count). The van der Waals surface area contributed by atoms with E-state index in [2.05, 4.69) is 0 Å². The van der Waals surface area contributed by atoms with E-state index < -0.39 is 28.3 Å². The van der Waals surface area contributed by atoms with Gasteiger partial charge in [-0.25, -0.2) is 13.2 Å². The lowest BCUT2D eigenvalue weighted by molar-refractivity contribution is 0.279. The van der Waals surface area contributed by atoms with Crippen molar-refractivity contribution >= 4 is 10.8 Å². The summed E-state index contributed by atoms with van der Waals surface area (Å²) in [5.74, 6) is -1.79. The summed E-state index contributed by atoms with van der Waals surface area (Å²) in [5, 5.41) is 0. The molecule has 1 unspecified atom stereocenters. The molecule has 0 N–H and O–H groups in total. The number of halogens is 3. The molecular weight excluding hydrogens is 401 g/mol. The number of rotatable bonds is 6. The molecule has 0 heterocycles. The third-order valence-corrected chi connectivity index (χ3v) is 5.52. The van der Waals surface area contributed by atoms with Crippen molar-refractivity contribution in [3.05, 3.63) is 77.1 Å². The molecule has 0 saturated heterocycles. The van der Waals surface area contributed by atoms with E-state index >= 15 is 0 Å². The van der Waals surface area contributed by atoms with Crippen molar-refractivity contribution in [2.45, 2.75) is 18.4 Å². The molecule has 3 aromatic rings. The molecule has 0 fully saturated rings. The van der Waals surface area contributed by atoms with Gasteiger partial charge in [0.05, 0.1) is 17.9 Å². The summed E-state index contributed by atoms with van der Waals surface area (Å²) in [5.41, 5.74) is 1.30. The fraction of sp³-hybridized carbons (Fsp3) is 0.182. The normalized spacial score (nSPS) is 11.9. The van der Waals surface area contributed by atoms with Crippen LogP contribution in [0, 0.1) is 24.4 Å². The summed E-state index contributed by atoms with van der Waals surface area (Å²) in [4.78, 5) is 0.580. The molecular formula is C22H19F3O3S. The fourth-order valence-electron chi connectivity index (χ4n) is 2.96. The van der Waals surface area contributed by atoms with Crippen LogP contribution >= 0.6 is 0 Å². The molecule has 0 aromatic heterocycles. The minimum atomic E-state index is -1.23. The minimum Gasteiger partial charge on any atom is -0.493 e. The van der Waals surface area contributed by atoms with Gasteiger partial charge in [0.1, 0.15) is 12.4 Å². The van der Waals surface area contributed by atoms with E-state index in [1.54, 1.807) is 25.3 Å². The number of benzene rings is 3. The summed E-state index contributed by atoms with van der Waals surface area (Å²) in [6, 6.07) is 11.1. The van der Waals surface area contributed by atoms with Gasteiger partial charge in [0.2, 0.25) is 0 Å². The topological polar surface area (TPSA) is 35.5 Å². The predicted molar refractivity (Wildman–Crippen MR) is 106 cm³/mol. The van der Waals surface area contributed by atoms with E-state index in [1.807, 2.05) is 0 Å². The molecule has 0 aliphatic carbocycles. The van der Waals surface area contributed by atoms with E-state index in [0.29, 0.717) is 22.0 Å². The van der Waals surface area contributed by atoms with Crippen LogP contribution in [0.15, 0.2) is 53.4 Å². The van der Waals surface area contributed by atoms with Crippen LogP contribution in [0.25, 0.3) is 11.1 Å². The molecule has 3 nitrogen and oxygen atoms in total. The second-order valence-corrected chi connectivity index (χ2v) is 7.77. The molecule has 1 atom stereocenters. The van der Waals surface area contributed by atoms with Gasteiger partial charge in [-0.15, -0.1) is 0 Å². The Kier molecular flexibility index (Phi) is 6.27. The van der Waals surface area contributed by atoms with Gasteiger partial charge in [-0.3, -0.25) is 4.21 Å². The van der Waals surface area contributed by atoms with Crippen molar-refractivity contribution < 1.29 is 26.9 Å². The molecule has 0 aliphatic rings. The van der Waals surface area contributed by atoms with Crippen molar-refractivity contribution in [1.29, 1.82) is 0 Å². The first-order chi connectivity index (χ1) is 13.8. The minimum absolute atomic E-state index is 0.0304. The van der Waals surface area contributed by atoms with Crippen LogP contribution in [0.5, 0.6) is 11.5 Å². The zero-order chi connectivity index (χ0) is 21.1. The Labute approximate surface area is 169 Å². The molecule has 0 radical (unpaired) electrons. The zero-order valence-electron chi connectivity index (χ0n) is 16.1. The average Bonchev–Trinajstić information content (AvgIpc) is 2.69. The van der Waals surface area contributed by atoms with Gasteiger partial charge < -0.3 is 9.47 Å². The van der Waals surface area contributed by atoms with Crippen molar-refractivity contribution in [3.63, 3.8) is 0 Å². The van der Waals surface area contributed by atoms with Crippen molar-refractivity contribution in [3.8, 4) is 22.6 Å². The van der Waals surface area contributed by atoms with Gasteiger partial charge >= 0.3 is 0 Å². The molecule has 152 valence electrons. The number of ether oxygens (including phenoxy) is 2. The molecule has 0 saturated carbocycles. The van der Waals surface area contributed by atoms with Crippen LogP contribution in [-0.2, 0) is 17.4 Å². The number of methoxy groups -OCH3 is 1. The highest BCUT2D eigenvalue weighted by Crippen LogP contribution is 2.33. The fourth-order valence-corrected chi connectivity index (χ4v) is 3.75. The number of aryl methyl sites for hydroxylation is 1. The first-order valence-electron chi connectivity index (χ1n) is 8.69. The van der Waals surface area contributed by atoms with Gasteiger partial charge in [0.15, 0.2) is 23.1 Å². The second-order valence-electron chi connectivity index (χ2n) is 6.42. The van der Waals surface area contributed by atoms with Crippen molar-refractivity contribution in [1.82, 2.24) is 0 Å². The van der Waals surface area contributed by atoms with Crippen LogP contribution in [-0.4, -0.2) is 17.6 Å². The number of hydrogen-bond acceptors (Lipinski definition) is 3. The molecule has 0 spiro atoms. The first kappa shape index (κ1) is 20.9. The first-order valence-corrected chi connectivity index (χ1v) is 10.2. The van der Waals surface area contributed by atoms with Crippen LogP contribution in [0.1, 0.15) is 11.1 Å². The Morgan fingerprint density at radius 2 is 1.72 bits per heavy atom. The maximum atomic E-state index is 14.3. The van der Waals surface area contributed by atoms with Crippen LogP contribution in [0.4, 0.5) is 13.2 Å². The molecule has 0 bridgehead atoms. The van der Waals surface area contributed by atoms with Crippen LogP contribution in [0.2, 0.25) is 0 Å². The van der Waals surface area contributed by atoms with E-state index in [0.717, 1.165) is 11.6 Å². The largest absolute Gasteiger partial charge is 0.493 e. The quantitative estimate of drug-likeness (QED) is 0.535. The molecule has 3 aromatic carbocycles. The Bertz CT molecular complexity index is 1080. The Balaban J connectivity index is 1.93. The van der Waals surface area contributed by atoms with E-state index in [4.69, 9.17) is 9.47 Å². The SMILES string of the molecule is COc1cc(C)c(S(C)=O)cc1OCc1cc(-c2cccc(F)c2F)ccc1F. The third kappa shape index (κ3) is 4.45. The molecule has 29 heavy (non-hydrogen) atoms. The smallest absolute Gasteiger partial charge is 0.166 e. The highest BCUT2D eigenvalue weighted by molar-refractivity contribution is 7.84. The summed E-state index contributed by atoms with van der Waals surface area (Å²) in [6.07, 6.45) is 1.55. The van der Waals surface area contributed by atoms with Gasteiger partial charge in [0, 0.05) is 28.3 Å². The summed E-state index contributed by atoms with van der Waals surface area (Å²) in [6.45, 7) is 1.63. The van der Waals surface area contributed by atoms with Crippen LogP contribution < -0.4 is 9.47 Å². The van der Waals surface area contributed by atoms with Gasteiger partial charge in [-0.1, -0.05) is 18.2 Å². The molecule has 0 aliphatic heterocycles. The van der Waals surface area contributed by atoms with Gasteiger partial charge in [-0.05, 0) is 42.3 Å². The zero-order valence-corrected chi connectivity index (χ0v) is 16.9. The summed E-state index contributed by atoms with van der Waals surface area (Å²) >= 11 is 0. The lowest BCUT2D eigenvalue weighted by atomic mass is 10.0. The van der Waals surface area contributed by atoms with Crippen LogP contribution in [0.3, 0.4) is 0 Å². The summed E-state index contributed by atoms with van der Waals surface area (Å²) < 4.78 is 64.8. The standard InChI is InChI=1S/C22H19F3O3S/c1-13-9-19(27-2)20(11-21(13)29(3)26)28-12-15-10-14(7-8-17(15)23)16-5-4-6-18(24)22(16)25/h4-11H,12H2,1-3H3. The Morgan fingerprint density at radius 1 is 0.966 bits per heavy atom. The van der Waals surface area contributed by atoms with Crippen molar-refractivity contribution in [2.24, 2.45) is 0 Å². The maximum absolute atomic E-state index is 14.3. The lowest BCUT2D eigenvalue weighted by Gasteiger charge is -2.15. The van der Waals surface area contributed by atoms with E-state index in [9.17, 15) is 17.4 Å². The van der Waals surface area contributed by atoms with E-state index in [1.165, 1.54) is 37.4 Å². The van der Waals surface area contributed by atoms with Gasteiger partial charge in [-0.2, -0.15) is 0 Å². The van der Waals surface area contributed by atoms with Gasteiger partial charge in [0.25, 0.3) is 0 Å². The Morgan fingerprint density at radius 3 is 2.41 bits per heavy atom. The second kappa shape index (κ2) is 8.69. The maximum Gasteiger partial charge on any atom is 0.166 e. The highest BCUT2D eigenvalue weighted by atomic mass is 32.2. The molecule has 7 heteroatoms. The summed E-state index contributed by atoms with van der Waals surface area (Å²) in [7, 11) is 0.237. The molecule has 0 amide bonds. The number of hydrogen-bond donors (Lipinski definition) is 0. The monoisotopic (exact) mass is 420 g/mol. The highest BCUT2D eigenvalue weighted by Gasteiger charge is 2.15. The van der Waals surface area contributed by atoms with Crippen molar-refractivity contribution in [2.75, 3.05) is 13.4 Å².